The van der Waals surface area contributed by atoms with Crippen LogP contribution in [0.2, 0.25) is 0 Å². The molecule has 2 saturated heterocycles. The molecule has 0 N–H and O–H groups in total. The predicted octanol–water partition coefficient (Wildman–Crippen LogP) is 5.99. The first-order chi connectivity index (χ1) is 19.1. The van der Waals surface area contributed by atoms with Crippen molar-refractivity contribution in [3.8, 4) is 0 Å². The molecule has 2 unspecified atom stereocenters. The van der Waals surface area contributed by atoms with Crippen LogP contribution in [0.3, 0.4) is 0 Å². The van der Waals surface area contributed by atoms with Gasteiger partial charge in [0.05, 0.1) is 12.1 Å². The highest BCUT2D eigenvalue weighted by atomic mass is 16.6. The molecule has 2 atom stereocenters. The first kappa shape index (κ1) is 24.9. The standard InChI is InChI=1S/C32H31N3O4/c36-31(38-22-24-9-3-1-4-10-24)34-29-18-30(35(34)32(37)39-23-25-11-5-2-6-12-25)21-33(20-29)19-26-15-16-27-13-7-8-14-28(27)17-26/h1-17,29-30H,18-23H2. The smallest absolute Gasteiger partial charge is 0.429 e. The van der Waals surface area contributed by atoms with Gasteiger partial charge in [0, 0.05) is 19.6 Å². The van der Waals surface area contributed by atoms with Gasteiger partial charge in [-0.2, -0.15) is 0 Å². The Morgan fingerprint density at radius 2 is 1.13 bits per heavy atom. The third-order valence-electron chi connectivity index (χ3n) is 7.41. The molecule has 2 heterocycles. The highest BCUT2D eigenvalue weighted by molar-refractivity contribution is 5.83. The molecule has 2 aliphatic rings. The number of hydrogen-bond donors (Lipinski definition) is 0. The Morgan fingerprint density at radius 3 is 1.69 bits per heavy atom. The highest BCUT2D eigenvalue weighted by Gasteiger charge is 2.50. The number of hydrazine groups is 1. The Labute approximate surface area is 228 Å². The molecule has 2 aliphatic heterocycles. The van der Waals surface area contributed by atoms with E-state index in [-0.39, 0.29) is 25.3 Å². The molecule has 0 saturated carbocycles. The number of fused-ring (bicyclic) bond motifs is 3. The van der Waals surface area contributed by atoms with Crippen molar-refractivity contribution in [2.75, 3.05) is 13.1 Å². The van der Waals surface area contributed by atoms with Crippen molar-refractivity contribution in [3.63, 3.8) is 0 Å². The van der Waals surface area contributed by atoms with E-state index in [1.165, 1.54) is 26.4 Å². The summed E-state index contributed by atoms with van der Waals surface area (Å²) in [6.07, 6.45) is -0.374. The lowest BCUT2D eigenvalue weighted by Gasteiger charge is -2.30. The van der Waals surface area contributed by atoms with Gasteiger partial charge >= 0.3 is 12.2 Å². The predicted molar refractivity (Wildman–Crippen MR) is 148 cm³/mol. The second kappa shape index (κ2) is 11.2. The van der Waals surface area contributed by atoms with Crippen LogP contribution in [0.5, 0.6) is 0 Å². The van der Waals surface area contributed by atoms with Crippen molar-refractivity contribution in [1.82, 2.24) is 14.9 Å². The van der Waals surface area contributed by atoms with Gasteiger partial charge in [-0.1, -0.05) is 97.1 Å². The summed E-state index contributed by atoms with van der Waals surface area (Å²) < 4.78 is 11.4. The Bertz CT molecular complexity index is 1380. The maximum absolute atomic E-state index is 13.4. The lowest BCUT2D eigenvalue weighted by Crippen LogP contribution is -2.50. The Morgan fingerprint density at radius 1 is 0.615 bits per heavy atom. The number of benzene rings is 4. The fraction of sp³-hybridized carbons (Fsp3) is 0.250. The van der Waals surface area contributed by atoms with Crippen molar-refractivity contribution >= 4 is 23.0 Å². The number of ether oxygens (including phenoxy) is 2. The molecule has 7 heteroatoms. The summed E-state index contributed by atoms with van der Waals surface area (Å²) in [7, 11) is 0. The molecular weight excluding hydrogens is 490 g/mol. The van der Waals surface area contributed by atoms with Crippen molar-refractivity contribution < 1.29 is 19.1 Å². The summed E-state index contributed by atoms with van der Waals surface area (Å²) in [6.45, 7) is 2.30. The van der Waals surface area contributed by atoms with E-state index < -0.39 is 12.2 Å². The van der Waals surface area contributed by atoms with Crippen LogP contribution in [-0.2, 0) is 29.2 Å². The molecule has 7 nitrogen and oxygen atoms in total. The third-order valence-corrected chi connectivity index (χ3v) is 7.41. The summed E-state index contributed by atoms with van der Waals surface area (Å²) in [6, 6.07) is 33.6. The number of likely N-dealkylation sites (tertiary alicyclic amines) is 1. The number of carbonyl (C=O) groups excluding carboxylic acids is 2. The molecule has 0 aromatic heterocycles. The number of nitrogens with zero attached hydrogens (tertiary/aromatic N) is 3. The highest BCUT2D eigenvalue weighted by Crippen LogP contribution is 2.33. The average Bonchev–Trinajstić information content (AvgIpc) is 3.25. The molecular formula is C32H31N3O4. The summed E-state index contributed by atoms with van der Waals surface area (Å²) in [5.41, 5.74) is 2.99. The fourth-order valence-electron chi connectivity index (χ4n) is 5.61. The van der Waals surface area contributed by atoms with Gasteiger partial charge in [-0.3, -0.25) is 4.90 Å². The zero-order valence-corrected chi connectivity index (χ0v) is 21.7. The molecule has 4 aromatic rings. The van der Waals surface area contributed by atoms with Gasteiger partial charge in [-0.25, -0.2) is 19.6 Å². The van der Waals surface area contributed by atoms with E-state index in [1.807, 2.05) is 72.8 Å². The minimum Gasteiger partial charge on any atom is -0.443 e. The molecule has 0 aliphatic carbocycles. The number of carbonyl (C=O) groups is 2. The monoisotopic (exact) mass is 521 g/mol. The van der Waals surface area contributed by atoms with Crippen molar-refractivity contribution in [3.05, 3.63) is 120 Å². The van der Waals surface area contributed by atoms with Crippen molar-refractivity contribution in [2.45, 2.75) is 38.3 Å². The average molecular weight is 522 g/mol. The minimum atomic E-state index is -0.532. The van der Waals surface area contributed by atoms with Crippen LogP contribution in [0.4, 0.5) is 9.59 Å². The van der Waals surface area contributed by atoms with Gasteiger partial charge in [-0.05, 0) is 39.9 Å². The second-order valence-corrected chi connectivity index (χ2v) is 10.2. The lowest BCUT2D eigenvalue weighted by atomic mass is 10.0. The molecule has 0 radical (unpaired) electrons. The Hall–Kier alpha value is -4.36. The molecule has 2 amide bonds. The number of amides is 2. The van der Waals surface area contributed by atoms with Gasteiger partial charge in [0.1, 0.15) is 13.2 Å². The van der Waals surface area contributed by atoms with Crippen LogP contribution in [0.1, 0.15) is 23.1 Å². The van der Waals surface area contributed by atoms with E-state index in [1.54, 1.807) is 0 Å². The largest absolute Gasteiger partial charge is 0.443 e. The van der Waals surface area contributed by atoms with Crippen molar-refractivity contribution in [1.29, 1.82) is 0 Å². The topological polar surface area (TPSA) is 62.3 Å². The van der Waals surface area contributed by atoms with Crippen LogP contribution in [-0.4, -0.2) is 52.3 Å². The van der Waals surface area contributed by atoms with E-state index in [9.17, 15) is 9.59 Å². The summed E-state index contributed by atoms with van der Waals surface area (Å²) in [5.74, 6) is 0. The van der Waals surface area contributed by atoms with Gasteiger partial charge in [0.2, 0.25) is 0 Å². The van der Waals surface area contributed by atoms with E-state index >= 15 is 0 Å². The molecule has 198 valence electrons. The maximum atomic E-state index is 13.4. The lowest BCUT2D eigenvalue weighted by molar-refractivity contribution is -0.0199. The fourth-order valence-corrected chi connectivity index (χ4v) is 5.61. The zero-order chi connectivity index (χ0) is 26.6. The van der Waals surface area contributed by atoms with E-state index in [2.05, 4.69) is 35.2 Å². The van der Waals surface area contributed by atoms with Crippen LogP contribution in [0.25, 0.3) is 10.8 Å². The summed E-state index contributed by atoms with van der Waals surface area (Å²) >= 11 is 0. The number of hydrogen-bond acceptors (Lipinski definition) is 5. The number of rotatable bonds is 6. The summed E-state index contributed by atoms with van der Waals surface area (Å²) in [5, 5.41) is 5.38. The van der Waals surface area contributed by atoms with Gasteiger partial charge < -0.3 is 9.47 Å². The van der Waals surface area contributed by atoms with Crippen LogP contribution >= 0.6 is 0 Å². The minimum absolute atomic E-state index is 0.140. The molecule has 2 bridgehead atoms. The van der Waals surface area contributed by atoms with E-state index in [0.717, 1.165) is 17.7 Å². The molecule has 4 aromatic carbocycles. The summed E-state index contributed by atoms with van der Waals surface area (Å²) in [4.78, 5) is 29.1. The molecule has 39 heavy (non-hydrogen) atoms. The normalized spacial score (nSPS) is 18.8. The third kappa shape index (κ3) is 5.59. The van der Waals surface area contributed by atoms with Gasteiger partial charge in [0.15, 0.2) is 0 Å². The first-order valence-electron chi connectivity index (χ1n) is 13.3. The van der Waals surface area contributed by atoms with E-state index in [0.29, 0.717) is 19.5 Å². The quantitative estimate of drug-likeness (QED) is 0.312. The van der Waals surface area contributed by atoms with Gasteiger partial charge in [-0.15, -0.1) is 0 Å². The Kier molecular flexibility index (Phi) is 7.15. The molecule has 0 spiro atoms. The second-order valence-electron chi connectivity index (χ2n) is 10.2. The SMILES string of the molecule is O=C(OCc1ccccc1)N1C2CC(CN(Cc3ccc4ccccc4c3)C2)N1C(=O)OCc1ccccc1. The van der Waals surface area contributed by atoms with Crippen molar-refractivity contribution in [2.24, 2.45) is 0 Å². The maximum Gasteiger partial charge on any atom is 0.429 e. The Balaban J connectivity index is 1.19. The first-order valence-corrected chi connectivity index (χ1v) is 13.3. The van der Waals surface area contributed by atoms with Gasteiger partial charge in [0.25, 0.3) is 0 Å². The van der Waals surface area contributed by atoms with Crippen LogP contribution in [0, 0.1) is 0 Å². The van der Waals surface area contributed by atoms with E-state index in [4.69, 9.17) is 9.47 Å². The van der Waals surface area contributed by atoms with Crippen LogP contribution < -0.4 is 0 Å². The zero-order valence-electron chi connectivity index (χ0n) is 21.7. The number of piperidine rings is 1. The molecule has 6 rings (SSSR count). The molecule has 2 fully saturated rings. The van der Waals surface area contributed by atoms with Crippen LogP contribution in [0.15, 0.2) is 103 Å².